The zero-order chi connectivity index (χ0) is 24.0. The number of amides is 2. The second-order valence-electron chi connectivity index (χ2n) is 8.87. The van der Waals surface area contributed by atoms with Crippen molar-refractivity contribution in [3.63, 3.8) is 0 Å². The van der Waals surface area contributed by atoms with Gasteiger partial charge in [-0.3, -0.25) is 19.5 Å². The van der Waals surface area contributed by atoms with Crippen LogP contribution < -0.4 is 5.32 Å². The molecule has 0 bridgehead atoms. The predicted octanol–water partition coefficient (Wildman–Crippen LogP) is 3.16. The molecule has 3 heterocycles. The highest BCUT2D eigenvalue weighted by atomic mass is 16.2. The van der Waals surface area contributed by atoms with Gasteiger partial charge in [-0.05, 0) is 29.3 Å². The van der Waals surface area contributed by atoms with Crippen molar-refractivity contribution in [3.8, 4) is 0 Å². The molecule has 2 amide bonds. The summed E-state index contributed by atoms with van der Waals surface area (Å²) in [6.45, 7) is 4.13. The molecule has 0 unspecified atom stereocenters. The van der Waals surface area contributed by atoms with Gasteiger partial charge >= 0.3 is 0 Å². The molecule has 1 aliphatic heterocycles. The van der Waals surface area contributed by atoms with Crippen molar-refractivity contribution in [3.05, 3.63) is 102 Å². The van der Waals surface area contributed by atoms with E-state index in [1.807, 2.05) is 71.8 Å². The number of aromatic nitrogens is 2. The van der Waals surface area contributed by atoms with Gasteiger partial charge < -0.3 is 14.8 Å². The van der Waals surface area contributed by atoms with Gasteiger partial charge in [-0.15, -0.1) is 0 Å². The third-order valence-corrected chi connectivity index (χ3v) is 6.48. The van der Waals surface area contributed by atoms with Gasteiger partial charge in [-0.1, -0.05) is 48.5 Å². The molecule has 0 aliphatic carbocycles. The molecular weight excluding hydrogens is 438 g/mol. The fourth-order valence-corrected chi connectivity index (χ4v) is 4.57. The zero-order valence-electron chi connectivity index (χ0n) is 19.6. The Morgan fingerprint density at radius 2 is 1.54 bits per heavy atom. The maximum Gasteiger partial charge on any atom is 0.256 e. The Hall–Kier alpha value is -3.97. The van der Waals surface area contributed by atoms with Crippen LogP contribution in [-0.2, 0) is 17.9 Å². The molecule has 2 aromatic carbocycles. The number of fused-ring (bicyclic) bond motifs is 1. The lowest BCUT2D eigenvalue weighted by Crippen LogP contribution is -2.51. The number of carbonyl (C=O) groups is 2. The first-order chi connectivity index (χ1) is 17.2. The number of benzene rings is 2. The van der Waals surface area contributed by atoms with Crippen LogP contribution in [0.3, 0.4) is 0 Å². The molecule has 35 heavy (non-hydrogen) atoms. The third kappa shape index (κ3) is 5.41. The third-order valence-electron chi connectivity index (χ3n) is 6.48. The van der Waals surface area contributed by atoms with Crippen LogP contribution in [0.25, 0.3) is 10.9 Å². The lowest BCUT2D eigenvalue weighted by molar-refractivity contribution is -0.122. The van der Waals surface area contributed by atoms with E-state index in [1.54, 1.807) is 12.4 Å². The van der Waals surface area contributed by atoms with E-state index >= 15 is 0 Å². The topological polar surface area (TPSA) is 70.5 Å². The van der Waals surface area contributed by atoms with E-state index in [0.717, 1.165) is 27.6 Å². The van der Waals surface area contributed by atoms with E-state index in [2.05, 4.69) is 25.8 Å². The number of para-hydroxylation sites is 1. The van der Waals surface area contributed by atoms with Gasteiger partial charge in [0.2, 0.25) is 5.91 Å². The van der Waals surface area contributed by atoms with E-state index in [0.29, 0.717) is 45.8 Å². The van der Waals surface area contributed by atoms with Crippen LogP contribution in [0.15, 0.2) is 85.3 Å². The first kappa shape index (κ1) is 22.8. The van der Waals surface area contributed by atoms with Crippen molar-refractivity contribution in [1.29, 1.82) is 0 Å². The van der Waals surface area contributed by atoms with E-state index in [1.165, 1.54) is 0 Å². The summed E-state index contributed by atoms with van der Waals surface area (Å²) in [6, 6.07) is 21.9. The summed E-state index contributed by atoms with van der Waals surface area (Å²) in [6.07, 6.45) is 5.54. The second kappa shape index (κ2) is 10.5. The van der Waals surface area contributed by atoms with Crippen molar-refractivity contribution in [2.75, 3.05) is 32.7 Å². The van der Waals surface area contributed by atoms with E-state index < -0.39 is 0 Å². The highest BCUT2D eigenvalue weighted by Crippen LogP contribution is 2.24. The van der Waals surface area contributed by atoms with Gasteiger partial charge in [-0.2, -0.15) is 0 Å². The molecule has 2 aromatic heterocycles. The van der Waals surface area contributed by atoms with Crippen molar-refractivity contribution < 1.29 is 9.59 Å². The molecule has 0 saturated carbocycles. The van der Waals surface area contributed by atoms with Crippen molar-refractivity contribution in [2.45, 2.75) is 13.1 Å². The summed E-state index contributed by atoms with van der Waals surface area (Å²) >= 11 is 0. The standard InChI is InChI=1S/C28H29N5O2/c34-27(30-18-22-6-2-1-3-7-22)21-31-14-16-32(17-15-31)28(35)25-20-33(19-23-10-12-29-13-11-23)26-9-5-4-8-24(25)26/h1-13,20H,14-19,21H2,(H,30,34). The Morgan fingerprint density at radius 3 is 2.31 bits per heavy atom. The average molecular weight is 468 g/mol. The first-order valence-electron chi connectivity index (χ1n) is 12.0. The number of hydrogen-bond acceptors (Lipinski definition) is 4. The normalized spacial score (nSPS) is 14.2. The molecule has 7 nitrogen and oxygen atoms in total. The largest absolute Gasteiger partial charge is 0.351 e. The van der Waals surface area contributed by atoms with Gasteiger partial charge in [-0.25, -0.2) is 0 Å². The highest BCUT2D eigenvalue weighted by Gasteiger charge is 2.25. The van der Waals surface area contributed by atoms with Gasteiger partial charge in [0.15, 0.2) is 0 Å². The number of carbonyl (C=O) groups excluding carboxylic acids is 2. The van der Waals surface area contributed by atoms with Crippen molar-refractivity contribution >= 4 is 22.7 Å². The van der Waals surface area contributed by atoms with Crippen LogP contribution in [0.5, 0.6) is 0 Å². The number of piperazine rings is 1. The lowest BCUT2D eigenvalue weighted by atomic mass is 10.1. The quantitative estimate of drug-likeness (QED) is 0.453. The molecule has 4 aromatic rings. The Morgan fingerprint density at radius 1 is 0.829 bits per heavy atom. The first-order valence-corrected chi connectivity index (χ1v) is 12.0. The molecule has 5 rings (SSSR count). The predicted molar refractivity (Wildman–Crippen MR) is 136 cm³/mol. The SMILES string of the molecule is O=C(CN1CCN(C(=O)c2cn(Cc3ccncc3)c3ccccc23)CC1)NCc1ccccc1. The zero-order valence-corrected chi connectivity index (χ0v) is 19.6. The second-order valence-corrected chi connectivity index (χ2v) is 8.87. The fraction of sp³-hybridized carbons (Fsp3) is 0.250. The molecule has 1 aliphatic rings. The summed E-state index contributed by atoms with van der Waals surface area (Å²) in [7, 11) is 0. The minimum absolute atomic E-state index is 0.00723. The monoisotopic (exact) mass is 467 g/mol. The van der Waals surface area contributed by atoms with E-state index in [-0.39, 0.29) is 11.8 Å². The van der Waals surface area contributed by atoms with Crippen LogP contribution in [0.2, 0.25) is 0 Å². The van der Waals surface area contributed by atoms with E-state index in [4.69, 9.17) is 0 Å². The molecule has 0 radical (unpaired) electrons. The molecule has 1 fully saturated rings. The van der Waals surface area contributed by atoms with Crippen molar-refractivity contribution in [1.82, 2.24) is 24.7 Å². The molecule has 1 N–H and O–H groups in total. The Kier molecular flexibility index (Phi) is 6.86. The summed E-state index contributed by atoms with van der Waals surface area (Å²) in [4.78, 5) is 34.0. The minimum atomic E-state index is 0.00723. The Labute approximate surface area is 205 Å². The van der Waals surface area contributed by atoms with E-state index in [9.17, 15) is 9.59 Å². The summed E-state index contributed by atoms with van der Waals surface area (Å²) in [5.41, 5.74) is 3.99. The van der Waals surface area contributed by atoms with Gasteiger partial charge in [0.25, 0.3) is 5.91 Å². The average Bonchev–Trinajstić information content (AvgIpc) is 3.27. The summed E-state index contributed by atoms with van der Waals surface area (Å²) < 4.78 is 2.13. The fourth-order valence-electron chi connectivity index (χ4n) is 4.57. The molecule has 7 heteroatoms. The molecule has 0 spiro atoms. The summed E-state index contributed by atoms with van der Waals surface area (Å²) in [5, 5.41) is 3.95. The number of pyridine rings is 1. The van der Waals surface area contributed by atoms with Crippen LogP contribution in [-0.4, -0.2) is 63.9 Å². The maximum absolute atomic E-state index is 13.5. The summed E-state index contributed by atoms with van der Waals surface area (Å²) in [5.74, 6) is 0.0515. The molecule has 0 atom stereocenters. The molecular formula is C28H29N5O2. The van der Waals surface area contributed by atoms with Crippen molar-refractivity contribution in [2.24, 2.45) is 0 Å². The minimum Gasteiger partial charge on any atom is -0.351 e. The molecule has 178 valence electrons. The van der Waals surface area contributed by atoms with Crippen LogP contribution in [0.4, 0.5) is 0 Å². The number of nitrogens with zero attached hydrogens (tertiary/aromatic N) is 4. The maximum atomic E-state index is 13.5. The number of rotatable bonds is 7. The van der Waals surface area contributed by atoms with Gasteiger partial charge in [0.05, 0.1) is 12.1 Å². The van der Waals surface area contributed by atoms with Crippen LogP contribution in [0.1, 0.15) is 21.5 Å². The number of hydrogen-bond donors (Lipinski definition) is 1. The highest BCUT2D eigenvalue weighted by molar-refractivity contribution is 6.07. The van der Waals surface area contributed by atoms with Gasteiger partial charge in [0, 0.05) is 68.8 Å². The molecule has 1 saturated heterocycles. The lowest BCUT2D eigenvalue weighted by Gasteiger charge is -2.34. The van der Waals surface area contributed by atoms with Gasteiger partial charge in [0.1, 0.15) is 0 Å². The van der Waals surface area contributed by atoms with Crippen LogP contribution in [0, 0.1) is 0 Å². The number of nitrogens with one attached hydrogen (secondary N) is 1. The Bertz CT molecular complexity index is 1290. The Balaban J connectivity index is 1.20. The smallest absolute Gasteiger partial charge is 0.256 e. The van der Waals surface area contributed by atoms with Crippen LogP contribution >= 0.6 is 0 Å².